The number of phosphoric ester groups is 1. The number of epoxide rings is 1. The second kappa shape index (κ2) is 34.5. The lowest BCUT2D eigenvalue weighted by Crippen LogP contribution is -2.27. The van der Waals surface area contributed by atoms with E-state index in [2.05, 4.69) is 26.0 Å². The molecular formula is C41H78NO8P. The largest absolute Gasteiger partial charge is 0.498 e. The van der Waals surface area contributed by atoms with Gasteiger partial charge in [0.15, 0.2) is 6.10 Å². The molecular weight excluding hydrogens is 665 g/mol. The summed E-state index contributed by atoms with van der Waals surface area (Å²) in [5.41, 5.74) is 5.36. The molecule has 9 nitrogen and oxygen atoms in total. The molecule has 10 heteroatoms. The number of hydrogen-bond acceptors (Lipinski definition) is 8. The van der Waals surface area contributed by atoms with Crippen molar-refractivity contribution in [1.29, 1.82) is 0 Å². The molecule has 0 bridgehead atoms. The van der Waals surface area contributed by atoms with E-state index in [1.807, 2.05) is 6.08 Å². The van der Waals surface area contributed by atoms with Crippen LogP contribution in [0.3, 0.4) is 0 Å². The third kappa shape index (κ3) is 32.0. The molecule has 1 fully saturated rings. The highest BCUT2D eigenvalue weighted by Crippen LogP contribution is 2.43. The van der Waals surface area contributed by atoms with Crippen LogP contribution in [0.2, 0.25) is 0 Å². The molecule has 1 rings (SSSR count). The van der Waals surface area contributed by atoms with E-state index in [4.69, 9.17) is 29.0 Å². The SMILES string of the molecule is CCCCCCCCCCCCCCCC/C=C/OC[C@H](COP(=O)(O)OCCN)OC(=O)CCCCCCC/C=C\CC1OC1CCCCC. The molecule has 0 radical (unpaired) electrons. The van der Waals surface area contributed by atoms with Gasteiger partial charge < -0.3 is 24.8 Å². The van der Waals surface area contributed by atoms with Crippen LogP contribution in [0.1, 0.15) is 187 Å². The maximum absolute atomic E-state index is 12.6. The molecule has 4 atom stereocenters. The zero-order chi connectivity index (χ0) is 37.1. The Kier molecular flexibility index (Phi) is 32.4. The summed E-state index contributed by atoms with van der Waals surface area (Å²) in [5, 5.41) is 0. The minimum Gasteiger partial charge on any atom is -0.498 e. The normalized spacial score (nSPS) is 17.6. The second-order valence-electron chi connectivity index (χ2n) is 14.3. The van der Waals surface area contributed by atoms with Crippen molar-refractivity contribution < 1.29 is 37.5 Å². The predicted molar refractivity (Wildman–Crippen MR) is 210 cm³/mol. The molecule has 1 aliphatic heterocycles. The first-order valence-electron chi connectivity index (χ1n) is 21.0. The Hall–Kier alpha value is -1.22. The molecule has 1 aliphatic rings. The molecule has 3 unspecified atom stereocenters. The molecule has 0 aromatic carbocycles. The Labute approximate surface area is 312 Å². The van der Waals surface area contributed by atoms with Crippen LogP contribution in [0.15, 0.2) is 24.5 Å². The lowest BCUT2D eigenvalue weighted by molar-refractivity contribution is -0.153. The first-order valence-corrected chi connectivity index (χ1v) is 22.5. The summed E-state index contributed by atoms with van der Waals surface area (Å²) in [6, 6.07) is 0. The highest BCUT2D eigenvalue weighted by molar-refractivity contribution is 7.47. The van der Waals surface area contributed by atoms with Crippen molar-refractivity contribution in [1.82, 2.24) is 0 Å². The van der Waals surface area contributed by atoms with E-state index in [1.54, 1.807) is 6.26 Å². The fourth-order valence-corrected chi connectivity index (χ4v) is 6.91. The highest BCUT2D eigenvalue weighted by atomic mass is 31.2. The molecule has 300 valence electrons. The highest BCUT2D eigenvalue weighted by Gasteiger charge is 2.36. The first kappa shape index (κ1) is 47.8. The Morgan fingerprint density at radius 3 is 1.86 bits per heavy atom. The van der Waals surface area contributed by atoms with Crippen molar-refractivity contribution in [3.8, 4) is 0 Å². The third-order valence-electron chi connectivity index (χ3n) is 9.36. The van der Waals surface area contributed by atoms with Crippen molar-refractivity contribution in [3.05, 3.63) is 24.5 Å². The number of unbranched alkanes of at least 4 members (excludes halogenated alkanes) is 21. The van der Waals surface area contributed by atoms with Gasteiger partial charge in [-0.1, -0.05) is 148 Å². The van der Waals surface area contributed by atoms with Crippen LogP contribution in [-0.4, -0.2) is 55.5 Å². The molecule has 3 N–H and O–H groups in total. The standard InChI is InChI=1S/C41H78NO8P/c1-3-5-7-8-9-10-11-12-13-14-15-16-19-22-25-29-34-46-36-38(37-48-51(44,45)47-35-33-42)49-41(43)32-28-24-21-18-17-20-23-27-31-40-39(50-40)30-26-6-4-2/h23,27,29,34,38-40H,3-22,24-26,28,30-33,35-37,42H2,1-2H3,(H,44,45)/b27-23-,34-29+/t38-,39?,40?/m1/s1. The Balaban J connectivity index is 2.15. The topological polar surface area (TPSA) is 130 Å². The van der Waals surface area contributed by atoms with Crippen molar-refractivity contribution in [2.45, 2.75) is 206 Å². The van der Waals surface area contributed by atoms with E-state index in [-0.39, 0.29) is 38.8 Å². The molecule has 0 saturated carbocycles. The van der Waals surface area contributed by atoms with Crippen molar-refractivity contribution >= 4 is 13.8 Å². The minimum absolute atomic E-state index is 0.0256. The van der Waals surface area contributed by atoms with Crippen LogP contribution in [0, 0.1) is 0 Å². The summed E-state index contributed by atoms with van der Waals surface area (Å²) < 4.78 is 38.9. The van der Waals surface area contributed by atoms with E-state index in [0.717, 1.165) is 57.8 Å². The summed E-state index contributed by atoms with van der Waals surface area (Å²) in [6.07, 6.45) is 40.3. The third-order valence-corrected chi connectivity index (χ3v) is 10.3. The van der Waals surface area contributed by atoms with Crippen molar-refractivity contribution in [2.24, 2.45) is 5.73 Å². The summed E-state index contributed by atoms with van der Waals surface area (Å²) in [5.74, 6) is -0.368. The number of rotatable bonds is 39. The average Bonchev–Trinajstić information content (AvgIpc) is 3.87. The maximum Gasteiger partial charge on any atom is 0.472 e. The van der Waals surface area contributed by atoms with Crippen LogP contribution in [0.25, 0.3) is 0 Å². The van der Waals surface area contributed by atoms with Gasteiger partial charge in [-0.2, -0.15) is 0 Å². The lowest BCUT2D eigenvalue weighted by atomic mass is 10.0. The molecule has 0 amide bonds. The van der Waals surface area contributed by atoms with Gasteiger partial charge in [-0.3, -0.25) is 13.8 Å². The number of phosphoric acid groups is 1. The van der Waals surface area contributed by atoms with E-state index in [1.165, 1.54) is 109 Å². The van der Waals surface area contributed by atoms with Crippen LogP contribution in [-0.2, 0) is 32.6 Å². The maximum atomic E-state index is 12.6. The van der Waals surface area contributed by atoms with Gasteiger partial charge in [0.05, 0.1) is 31.7 Å². The molecule has 51 heavy (non-hydrogen) atoms. The van der Waals surface area contributed by atoms with E-state index < -0.39 is 13.9 Å². The minimum atomic E-state index is -4.30. The molecule has 0 aliphatic carbocycles. The number of hydrogen-bond donors (Lipinski definition) is 2. The zero-order valence-electron chi connectivity index (χ0n) is 32.8. The monoisotopic (exact) mass is 744 g/mol. The van der Waals surface area contributed by atoms with Crippen LogP contribution >= 0.6 is 7.82 Å². The molecule has 0 aromatic heterocycles. The van der Waals surface area contributed by atoms with Gasteiger partial charge in [-0.05, 0) is 51.0 Å². The number of nitrogens with two attached hydrogens (primary N) is 1. The van der Waals surface area contributed by atoms with Gasteiger partial charge in [0.2, 0.25) is 0 Å². The van der Waals surface area contributed by atoms with Crippen LogP contribution < -0.4 is 5.73 Å². The average molecular weight is 744 g/mol. The quantitative estimate of drug-likeness (QED) is 0.0158. The van der Waals surface area contributed by atoms with Gasteiger partial charge >= 0.3 is 13.8 Å². The lowest BCUT2D eigenvalue weighted by Gasteiger charge is -2.19. The number of ether oxygens (including phenoxy) is 3. The summed E-state index contributed by atoms with van der Waals surface area (Å²) in [6.45, 7) is 4.20. The zero-order valence-corrected chi connectivity index (χ0v) is 33.7. The number of esters is 1. The fourth-order valence-electron chi connectivity index (χ4n) is 6.15. The molecule has 0 spiro atoms. The van der Waals surface area contributed by atoms with Gasteiger partial charge in [-0.15, -0.1) is 0 Å². The van der Waals surface area contributed by atoms with Crippen molar-refractivity contribution in [2.75, 3.05) is 26.4 Å². The summed E-state index contributed by atoms with van der Waals surface area (Å²) >= 11 is 0. The number of allylic oxidation sites excluding steroid dienone is 2. The van der Waals surface area contributed by atoms with E-state index in [9.17, 15) is 14.3 Å². The van der Waals surface area contributed by atoms with Gasteiger partial charge in [0, 0.05) is 13.0 Å². The summed E-state index contributed by atoms with van der Waals surface area (Å²) in [4.78, 5) is 22.4. The van der Waals surface area contributed by atoms with Gasteiger partial charge in [0.25, 0.3) is 0 Å². The Morgan fingerprint density at radius 2 is 1.25 bits per heavy atom. The second-order valence-corrected chi connectivity index (χ2v) is 15.8. The van der Waals surface area contributed by atoms with Gasteiger partial charge in [-0.25, -0.2) is 4.57 Å². The predicted octanol–water partition coefficient (Wildman–Crippen LogP) is 11.4. The first-order chi connectivity index (χ1) is 24.9. The van der Waals surface area contributed by atoms with E-state index in [0.29, 0.717) is 12.2 Å². The van der Waals surface area contributed by atoms with Crippen molar-refractivity contribution in [3.63, 3.8) is 0 Å². The molecule has 1 saturated heterocycles. The number of carbonyl (C=O) groups excluding carboxylic acids is 1. The molecule has 0 aromatic rings. The Bertz CT molecular complexity index is 901. The summed E-state index contributed by atoms with van der Waals surface area (Å²) in [7, 11) is -4.30. The number of carbonyl (C=O) groups is 1. The smallest absolute Gasteiger partial charge is 0.472 e. The Morgan fingerprint density at radius 1 is 0.706 bits per heavy atom. The van der Waals surface area contributed by atoms with Crippen LogP contribution in [0.5, 0.6) is 0 Å². The van der Waals surface area contributed by atoms with Gasteiger partial charge in [0.1, 0.15) is 6.61 Å². The fraction of sp³-hybridized carbons (Fsp3) is 0.878. The van der Waals surface area contributed by atoms with Crippen LogP contribution in [0.4, 0.5) is 0 Å². The van der Waals surface area contributed by atoms with E-state index >= 15 is 0 Å². The molecule has 1 heterocycles.